The van der Waals surface area contributed by atoms with Crippen LogP contribution < -0.4 is 5.32 Å². The van der Waals surface area contributed by atoms with Crippen molar-refractivity contribution in [2.75, 3.05) is 25.9 Å². The lowest BCUT2D eigenvalue weighted by atomic mass is 10.2. The molecular formula is C9H15FN2OS. The fourth-order valence-electron chi connectivity index (χ4n) is 1.53. The highest BCUT2D eigenvalue weighted by Crippen LogP contribution is 2.46. The minimum atomic E-state index is -0.809. The molecule has 14 heavy (non-hydrogen) atoms. The number of carbonyl (C=O) groups is 1. The van der Waals surface area contributed by atoms with Gasteiger partial charge >= 0.3 is 6.03 Å². The Morgan fingerprint density at radius 1 is 1.64 bits per heavy atom. The third kappa shape index (κ3) is 1.97. The van der Waals surface area contributed by atoms with Gasteiger partial charge in [-0.3, -0.25) is 0 Å². The molecule has 5 heteroatoms. The quantitative estimate of drug-likeness (QED) is 0.773. The molecule has 0 unspecified atom stereocenters. The second-order valence-corrected chi connectivity index (χ2v) is 5.32. The van der Waals surface area contributed by atoms with Crippen LogP contribution in [0.4, 0.5) is 9.18 Å². The van der Waals surface area contributed by atoms with E-state index in [1.54, 1.807) is 0 Å². The number of hydrogen-bond donors (Lipinski definition) is 1. The van der Waals surface area contributed by atoms with E-state index in [-0.39, 0.29) is 23.9 Å². The van der Waals surface area contributed by atoms with Crippen molar-refractivity contribution < 1.29 is 9.18 Å². The van der Waals surface area contributed by atoms with E-state index in [0.717, 1.165) is 6.54 Å². The number of alkyl halides is 1. The van der Waals surface area contributed by atoms with Crippen molar-refractivity contribution in [3.8, 4) is 0 Å². The maximum absolute atomic E-state index is 12.5. The van der Waals surface area contributed by atoms with Gasteiger partial charge < -0.3 is 10.2 Å². The first kappa shape index (κ1) is 10.1. The molecule has 3 nitrogen and oxygen atoms in total. The molecule has 0 atom stereocenters. The Bertz CT molecular complexity index is 239. The van der Waals surface area contributed by atoms with Crippen molar-refractivity contribution in [3.05, 3.63) is 0 Å². The third-order valence-corrected chi connectivity index (χ3v) is 4.35. The van der Waals surface area contributed by atoms with Gasteiger partial charge in [-0.15, -0.1) is 0 Å². The molecule has 1 heterocycles. The van der Waals surface area contributed by atoms with Crippen LogP contribution in [-0.2, 0) is 0 Å². The van der Waals surface area contributed by atoms with E-state index in [2.05, 4.69) is 11.6 Å². The molecule has 1 aliphatic heterocycles. The van der Waals surface area contributed by atoms with E-state index in [4.69, 9.17) is 0 Å². The lowest BCUT2D eigenvalue weighted by Crippen LogP contribution is -2.55. The third-order valence-electron chi connectivity index (χ3n) is 2.93. The molecular weight excluding hydrogens is 203 g/mol. The molecule has 0 spiro atoms. The molecule has 0 radical (unpaired) electrons. The fourth-order valence-corrected chi connectivity index (χ4v) is 2.26. The second-order valence-electron chi connectivity index (χ2n) is 4.05. The summed E-state index contributed by atoms with van der Waals surface area (Å²) in [5.74, 6) is 0. The number of thioether (sulfide) groups is 1. The highest BCUT2D eigenvalue weighted by atomic mass is 32.2. The largest absolute Gasteiger partial charge is 0.337 e. The van der Waals surface area contributed by atoms with Gasteiger partial charge in [-0.05, 0) is 19.1 Å². The average Bonchev–Trinajstić information content (AvgIpc) is 2.90. The monoisotopic (exact) mass is 218 g/mol. The van der Waals surface area contributed by atoms with E-state index in [1.807, 2.05) is 11.8 Å². The van der Waals surface area contributed by atoms with Gasteiger partial charge in [0.05, 0.1) is 13.1 Å². The van der Waals surface area contributed by atoms with Crippen molar-refractivity contribution in [2.45, 2.75) is 23.8 Å². The predicted octanol–water partition coefficient (Wildman–Crippen LogP) is 1.25. The zero-order valence-electron chi connectivity index (χ0n) is 8.25. The molecule has 1 N–H and O–H groups in total. The van der Waals surface area contributed by atoms with Crippen LogP contribution >= 0.6 is 11.8 Å². The van der Waals surface area contributed by atoms with Gasteiger partial charge in [-0.2, -0.15) is 11.8 Å². The van der Waals surface area contributed by atoms with Crippen LogP contribution in [0, 0.1) is 0 Å². The summed E-state index contributed by atoms with van der Waals surface area (Å²) >= 11 is 1.81. The topological polar surface area (TPSA) is 32.3 Å². The van der Waals surface area contributed by atoms with E-state index < -0.39 is 6.17 Å². The number of halogens is 1. The van der Waals surface area contributed by atoms with Crippen LogP contribution in [0.15, 0.2) is 0 Å². The SMILES string of the molecule is CSC1(CNC(=O)N2CC(F)C2)CC1. The molecule has 2 amide bonds. The number of rotatable bonds is 3. The molecule has 1 saturated carbocycles. The summed E-state index contributed by atoms with van der Waals surface area (Å²) in [5, 5.41) is 2.86. The van der Waals surface area contributed by atoms with Crippen molar-refractivity contribution in [1.29, 1.82) is 0 Å². The van der Waals surface area contributed by atoms with Crippen LogP contribution in [0.25, 0.3) is 0 Å². The van der Waals surface area contributed by atoms with Gasteiger partial charge in [0.2, 0.25) is 0 Å². The maximum Gasteiger partial charge on any atom is 0.317 e. The standard InChI is InChI=1S/C9H15FN2OS/c1-14-9(2-3-9)6-11-8(13)12-4-7(10)5-12/h7H,2-6H2,1H3,(H,11,13). The molecule has 0 aromatic heterocycles. The van der Waals surface area contributed by atoms with Crippen LogP contribution in [0.1, 0.15) is 12.8 Å². The number of urea groups is 1. The maximum atomic E-state index is 12.5. The molecule has 0 bridgehead atoms. The Labute approximate surface area is 87.4 Å². The summed E-state index contributed by atoms with van der Waals surface area (Å²) in [6.45, 7) is 1.25. The lowest BCUT2D eigenvalue weighted by Gasteiger charge is -2.34. The van der Waals surface area contributed by atoms with E-state index in [9.17, 15) is 9.18 Å². The number of likely N-dealkylation sites (tertiary alicyclic amines) is 1. The van der Waals surface area contributed by atoms with Crippen LogP contribution in [-0.4, -0.2) is 47.7 Å². The summed E-state index contributed by atoms with van der Waals surface area (Å²) in [6.07, 6.45) is 3.62. The van der Waals surface area contributed by atoms with Gasteiger partial charge in [-0.25, -0.2) is 9.18 Å². The number of hydrogen-bond acceptors (Lipinski definition) is 2. The Kier molecular flexibility index (Phi) is 2.60. The molecule has 80 valence electrons. The predicted molar refractivity (Wildman–Crippen MR) is 55.3 cm³/mol. The number of amides is 2. The Morgan fingerprint density at radius 2 is 2.29 bits per heavy atom. The molecule has 2 fully saturated rings. The minimum absolute atomic E-state index is 0.112. The fraction of sp³-hybridized carbons (Fsp3) is 0.889. The van der Waals surface area contributed by atoms with E-state index in [0.29, 0.717) is 0 Å². The summed E-state index contributed by atoms with van der Waals surface area (Å²) < 4.78 is 12.7. The second kappa shape index (κ2) is 3.61. The molecule has 0 aromatic rings. The van der Waals surface area contributed by atoms with Gasteiger partial charge in [-0.1, -0.05) is 0 Å². The molecule has 1 aliphatic carbocycles. The van der Waals surface area contributed by atoms with Crippen molar-refractivity contribution >= 4 is 17.8 Å². The van der Waals surface area contributed by atoms with Crippen molar-refractivity contribution in [3.63, 3.8) is 0 Å². The zero-order chi connectivity index (χ0) is 10.2. The summed E-state index contributed by atoms with van der Waals surface area (Å²) in [7, 11) is 0. The van der Waals surface area contributed by atoms with Gasteiger partial charge in [0, 0.05) is 11.3 Å². The first-order valence-corrected chi connectivity index (χ1v) is 6.10. The van der Waals surface area contributed by atoms with Crippen molar-refractivity contribution in [1.82, 2.24) is 10.2 Å². The number of carbonyl (C=O) groups excluding carboxylic acids is 1. The molecule has 2 aliphatic rings. The van der Waals surface area contributed by atoms with E-state index in [1.165, 1.54) is 17.7 Å². The Balaban J connectivity index is 1.68. The van der Waals surface area contributed by atoms with Crippen LogP contribution in [0.2, 0.25) is 0 Å². The summed E-state index contributed by atoms with van der Waals surface area (Å²) in [4.78, 5) is 12.9. The summed E-state index contributed by atoms with van der Waals surface area (Å²) in [5.41, 5.74) is 0. The summed E-state index contributed by atoms with van der Waals surface area (Å²) in [6, 6.07) is -0.112. The molecule has 1 saturated heterocycles. The smallest absolute Gasteiger partial charge is 0.317 e. The number of nitrogens with one attached hydrogen (secondary N) is 1. The molecule has 2 rings (SSSR count). The highest BCUT2D eigenvalue weighted by molar-refractivity contribution is 8.00. The van der Waals surface area contributed by atoms with Gasteiger partial charge in [0.25, 0.3) is 0 Å². The first-order valence-electron chi connectivity index (χ1n) is 4.87. The Morgan fingerprint density at radius 3 is 2.71 bits per heavy atom. The minimum Gasteiger partial charge on any atom is -0.337 e. The number of nitrogens with zero attached hydrogens (tertiary/aromatic N) is 1. The zero-order valence-corrected chi connectivity index (χ0v) is 9.07. The van der Waals surface area contributed by atoms with Gasteiger partial charge in [0.1, 0.15) is 6.17 Å². The first-order chi connectivity index (χ1) is 6.65. The van der Waals surface area contributed by atoms with Crippen LogP contribution in [0.5, 0.6) is 0 Å². The molecule has 0 aromatic carbocycles. The normalized spacial score (nSPS) is 24.3. The average molecular weight is 218 g/mol. The van der Waals surface area contributed by atoms with Crippen LogP contribution in [0.3, 0.4) is 0 Å². The van der Waals surface area contributed by atoms with E-state index >= 15 is 0 Å². The highest BCUT2D eigenvalue weighted by Gasteiger charge is 2.42. The Hall–Kier alpha value is -0.450. The van der Waals surface area contributed by atoms with Crippen molar-refractivity contribution in [2.24, 2.45) is 0 Å². The van der Waals surface area contributed by atoms with Gasteiger partial charge in [0.15, 0.2) is 0 Å². The lowest BCUT2D eigenvalue weighted by molar-refractivity contribution is 0.0899.